The van der Waals surface area contributed by atoms with Gasteiger partial charge in [0.15, 0.2) is 6.23 Å². The molecule has 0 aliphatic carbocycles. The van der Waals surface area contributed by atoms with Gasteiger partial charge in [-0.1, -0.05) is 0 Å². The van der Waals surface area contributed by atoms with Gasteiger partial charge in [0.1, 0.15) is 18.3 Å². The van der Waals surface area contributed by atoms with Gasteiger partial charge in [-0.05, 0) is 47.6 Å². The fourth-order valence-electron chi connectivity index (χ4n) is 2.99. The fourth-order valence-corrected chi connectivity index (χ4v) is 4.02. The quantitative estimate of drug-likeness (QED) is 0.239. The molecule has 1 fully saturated rings. The highest BCUT2D eigenvalue weighted by molar-refractivity contribution is 7.57. The highest BCUT2D eigenvalue weighted by Crippen LogP contribution is 2.50. The van der Waals surface area contributed by atoms with E-state index in [4.69, 9.17) is 28.0 Å². The van der Waals surface area contributed by atoms with E-state index >= 15 is 0 Å². The minimum absolute atomic E-state index is 0.621. The lowest BCUT2D eigenvalue weighted by Crippen LogP contribution is -2.38. The van der Waals surface area contributed by atoms with Gasteiger partial charge in [0.2, 0.25) is 13.6 Å². The maximum absolute atomic E-state index is 13.4. The van der Waals surface area contributed by atoms with E-state index in [2.05, 4.69) is 4.98 Å². The molecule has 214 valence electrons. The first-order valence-electron chi connectivity index (χ1n) is 11.6. The van der Waals surface area contributed by atoms with Crippen molar-refractivity contribution in [1.29, 1.82) is 0 Å². The van der Waals surface area contributed by atoms with Crippen molar-refractivity contribution in [1.82, 2.24) is 9.55 Å². The van der Waals surface area contributed by atoms with Crippen LogP contribution in [0.25, 0.3) is 0 Å². The van der Waals surface area contributed by atoms with E-state index in [1.807, 2.05) is 0 Å². The van der Waals surface area contributed by atoms with Gasteiger partial charge in [0.05, 0.1) is 10.8 Å². The smallest absolute Gasteiger partial charge is 0.359 e. The third kappa shape index (κ3) is 8.45. The molecule has 14 nitrogen and oxygen atoms in total. The van der Waals surface area contributed by atoms with Gasteiger partial charge in [0, 0.05) is 25.2 Å². The Morgan fingerprint density at radius 2 is 1.61 bits per heavy atom. The zero-order chi connectivity index (χ0) is 28.9. The lowest BCUT2D eigenvalue weighted by Gasteiger charge is -2.20. The molecule has 0 saturated carbocycles. The normalized spacial score (nSPS) is 22.5. The van der Waals surface area contributed by atoms with Crippen molar-refractivity contribution in [2.75, 3.05) is 20.7 Å². The number of H-pyrrole nitrogens is 1. The summed E-state index contributed by atoms with van der Waals surface area (Å²) < 4.78 is 45.8. The van der Waals surface area contributed by atoms with Crippen molar-refractivity contribution in [2.24, 2.45) is 10.8 Å². The molecular weight excluding hydrogens is 527 g/mol. The average molecular weight is 563 g/mol. The summed E-state index contributed by atoms with van der Waals surface area (Å²) in [5.74, 6) is -0.306. The number of nitrogens with one attached hydrogen (secondary N) is 1. The standard InChI is InChI=1S/C23H35N2O12P/c1-22(2,3)19(28)33-12-35-38(31,36-13-34-20(29)23(4,5)6)11-9-14-16(27)17(32-7)18(37-14)25-10-8-15(26)24-21(25)30/h8-11,14,16-18,27H,12-13H2,1-7H3,(H,24,26,30)/b11-9+/t14-,16+,17+,18-/m1/s1. The Morgan fingerprint density at radius 3 is 2.05 bits per heavy atom. The Hall–Kier alpha value is -2.61. The number of carbonyl (C=O) groups is 2. The highest BCUT2D eigenvalue weighted by Gasteiger charge is 2.45. The van der Waals surface area contributed by atoms with Crippen LogP contribution in [0, 0.1) is 10.8 Å². The van der Waals surface area contributed by atoms with Gasteiger partial charge in [0.25, 0.3) is 5.56 Å². The summed E-state index contributed by atoms with van der Waals surface area (Å²) in [7, 11) is -2.95. The van der Waals surface area contributed by atoms with Crippen molar-refractivity contribution >= 4 is 19.5 Å². The van der Waals surface area contributed by atoms with E-state index in [1.54, 1.807) is 41.5 Å². The van der Waals surface area contributed by atoms with E-state index in [-0.39, 0.29) is 0 Å². The Bertz CT molecular complexity index is 1140. The molecule has 0 unspecified atom stereocenters. The molecule has 0 aromatic carbocycles. The first-order chi connectivity index (χ1) is 17.5. The predicted molar refractivity (Wildman–Crippen MR) is 132 cm³/mol. The number of aromatic nitrogens is 2. The Balaban J connectivity index is 2.22. The predicted octanol–water partition coefficient (Wildman–Crippen LogP) is 1.64. The Labute approximate surface area is 219 Å². The molecule has 1 aromatic rings. The first-order valence-corrected chi connectivity index (χ1v) is 13.2. The zero-order valence-corrected chi connectivity index (χ0v) is 23.3. The van der Waals surface area contributed by atoms with E-state index in [1.165, 1.54) is 13.3 Å². The number of aromatic amines is 1. The van der Waals surface area contributed by atoms with E-state index < -0.39 is 79.7 Å². The molecule has 15 heteroatoms. The van der Waals surface area contributed by atoms with Gasteiger partial charge < -0.3 is 24.1 Å². The fraction of sp³-hybridized carbons (Fsp3) is 0.652. The zero-order valence-electron chi connectivity index (χ0n) is 22.4. The van der Waals surface area contributed by atoms with E-state index in [9.17, 15) is 28.8 Å². The molecule has 1 saturated heterocycles. The highest BCUT2D eigenvalue weighted by atomic mass is 31.2. The van der Waals surface area contributed by atoms with Crippen LogP contribution in [0.5, 0.6) is 0 Å². The third-order valence-corrected chi connectivity index (χ3v) is 6.64. The Morgan fingerprint density at radius 1 is 1.08 bits per heavy atom. The lowest BCUT2D eigenvalue weighted by atomic mass is 9.98. The van der Waals surface area contributed by atoms with Crippen molar-refractivity contribution in [3.63, 3.8) is 0 Å². The van der Waals surface area contributed by atoms with Crippen LogP contribution in [0.1, 0.15) is 47.8 Å². The van der Waals surface area contributed by atoms with Crippen molar-refractivity contribution in [3.8, 4) is 0 Å². The van der Waals surface area contributed by atoms with Gasteiger partial charge in [-0.25, -0.2) is 4.79 Å². The number of aliphatic hydroxyl groups excluding tert-OH is 1. The summed E-state index contributed by atoms with van der Waals surface area (Å²) in [4.78, 5) is 49.7. The maximum Gasteiger partial charge on any atom is 0.359 e. The summed E-state index contributed by atoms with van der Waals surface area (Å²) >= 11 is 0. The number of carbonyl (C=O) groups excluding carboxylic acids is 2. The largest absolute Gasteiger partial charge is 0.438 e. The first kappa shape index (κ1) is 31.6. The van der Waals surface area contributed by atoms with Crippen molar-refractivity contribution < 1.29 is 47.3 Å². The topological polar surface area (TPSA) is 182 Å². The molecule has 1 aromatic heterocycles. The van der Waals surface area contributed by atoms with Gasteiger partial charge in [-0.3, -0.25) is 37.5 Å². The molecule has 2 heterocycles. The maximum atomic E-state index is 13.4. The molecule has 0 spiro atoms. The number of hydrogen-bond donors (Lipinski definition) is 2. The second kappa shape index (κ2) is 12.5. The molecule has 4 atom stereocenters. The molecule has 1 aliphatic rings. The second-order valence-electron chi connectivity index (χ2n) is 10.4. The number of methoxy groups -OCH3 is 1. The summed E-state index contributed by atoms with van der Waals surface area (Å²) in [6.45, 7) is 8.22. The van der Waals surface area contributed by atoms with Gasteiger partial charge >= 0.3 is 25.2 Å². The Kier molecular flexibility index (Phi) is 10.4. The van der Waals surface area contributed by atoms with Crippen LogP contribution in [0.15, 0.2) is 33.7 Å². The van der Waals surface area contributed by atoms with Gasteiger partial charge in [-0.2, -0.15) is 0 Å². The van der Waals surface area contributed by atoms with Crippen LogP contribution in [-0.4, -0.2) is 65.6 Å². The second-order valence-corrected chi connectivity index (χ2v) is 12.3. The minimum atomic E-state index is -4.23. The van der Waals surface area contributed by atoms with Crippen LogP contribution in [0.4, 0.5) is 0 Å². The molecule has 38 heavy (non-hydrogen) atoms. The summed E-state index contributed by atoms with van der Waals surface area (Å²) in [6, 6.07) is 1.10. The van der Waals surface area contributed by atoms with Crippen LogP contribution in [-0.2, 0) is 42.1 Å². The summed E-state index contributed by atoms with van der Waals surface area (Å²) in [6.07, 6.45) is -2.36. The molecule has 0 radical (unpaired) electrons. The monoisotopic (exact) mass is 562 g/mol. The minimum Gasteiger partial charge on any atom is -0.438 e. The molecule has 0 amide bonds. The molecule has 2 rings (SSSR count). The van der Waals surface area contributed by atoms with Crippen LogP contribution in [0.3, 0.4) is 0 Å². The summed E-state index contributed by atoms with van der Waals surface area (Å²) in [5, 5.41) is 10.7. The number of rotatable bonds is 10. The van der Waals surface area contributed by atoms with Crippen LogP contribution >= 0.6 is 7.60 Å². The summed E-state index contributed by atoms with van der Waals surface area (Å²) in [5.41, 5.74) is -3.11. The molecule has 2 N–H and O–H groups in total. The number of aliphatic hydroxyl groups is 1. The number of nitrogens with zero attached hydrogens (tertiary/aromatic N) is 1. The SMILES string of the molecule is CO[C@H]1[C@@H](O)[C@@H](/C=C/P(=O)(OCOC(=O)C(C)(C)C)OCOC(=O)C(C)(C)C)O[C@H]1n1ccc(=O)[nH]c1=O. The number of hydrogen-bond acceptors (Lipinski definition) is 12. The molecule has 1 aliphatic heterocycles. The number of esters is 2. The lowest BCUT2D eigenvalue weighted by molar-refractivity contribution is -0.161. The average Bonchev–Trinajstić information content (AvgIpc) is 3.11. The molecule has 0 bridgehead atoms. The van der Waals surface area contributed by atoms with Crippen LogP contribution < -0.4 is 11.2 Å². The van der Waals surface area contributed by atoms with Crippen molar-refractivity contribution in [3.05, 3.63) is 45.0 Å². The van der Waals surface area contributed by atoms with Gasteiger partial charge in [-0.15, -0.1) is 0 Å². The van der Waals surface area contributed by atoms with E-state index in [0.717, 1.165) is 22.5 Å². The van der Waals surface area contributed by atoms with Crippen molar-refractivity contribution in [2.45, 2.75) is 66.1 Å². The molecular formula is C23H35N2O12P. The number of ether oxygens (including phenoxy) is 4. The van der Waals surface area contributed by atoms with E-state index in [0.29, 0.717) is 0 Å². The third-order valence-electron chi connectivity index (χ3n) is 5.18. The van der Waals surface area contributed by atoms with Crippen LogP contribution in [0.2, 0.25) is 0 Å².